The molecule has 0 heterocycles. The summed E-state index contributed by atoms with van der Waals surface area (Å²) in [5, 5.41) is 18.4. The normalized spacial score (nSPS) is 18.8. The van der Waals surface area contributed by atoms with E-state index >= 15 is 0 Å². The molecule has 17 heavy (non-hydrogen) atoms. The topological polar surface area (TPSA) is 57.5 Å². The van der Waals surface area contributed by atoms with Crippen LogP contribution >= 0.6 is 0 Å². The van der Waals surface area contributed by atoms with Gasteiger partial charge < -0.3 is 10.2 Å². The summed E-state index contributed by atoms with van der Waals surface area (Å²) in [6, 6.07) is 2.39. The van der Waals surface area contributed by atoms with Crippen molar-refractivity contribution in [1.82, 2.24) is 0 Å². The van der Waals surface area contributed by atoms with Crippen molar-refractivity contribution in [3.63, 3.8) is 0 Å². The zero-order valence-corrected chi connectivity index (χ0v) is 9.20. The van der Waals surface area contributed by atoms with Crippen molar-refractivity contribution < 1.29 is 23.8 Å². The number of hydrogen-bond acceptors (Lipinski definition) is 2. The molecule has 0 bridgehead atoms. The van der Waals surface area contributed by atoms with Crippen molar-refractivity contribution in [3.05, 3.63) is 34.9 Å². The minimum absolute atomic E-state index is 0.241. The lowest BCUT2D eigenvalue weighted by atomic mass is 9.88. The van der Waals surface area contributed by atoms with Crippen LogP contribution in [0.5, 0.6) is 0 Å². The van der Waals surface area contributed by atoms with Crippen LogP contribution < -0.4 is 0 Å². The van der Waals surface area contributed by atoms with Gasteiger partial charge in [0.2, 0.25) is 0 Å². The molecule has 1 fully saturated rings. The molecule has 1 aliphatic carbocycles. The third kappa shape index (κ3) is 1.70. The number of rotatable bonds is 3. The van der Waals surface area contributed by atoms with Crippen LogP contribution in [0, 0.1) is 18.6 Å². The maximum Gasteiger partial charge on any atom is 0.333 e. The molecule has 0 aromatic heterocycles. The Labute approximate surface area is 96.7 Å². The Morgan fingerprint density at radius 1 is 1.41 bits per heavy atom. The number of carboxylic acids is 1. The van der Waals surface area contributed by atoms with Gasteiger partial charge in [0.1, 0.15) is 11.6 Å². The number of benzene rings is 1. The fourth-order valence-corrected chi connectivity index (χ4v) is 2.14. The van der Waals surface area contributed by atoms with Crippen LogP contribution in [0.2, 0.25) is 0 Å². The van der Waals surface area contributed by atoms with E-state index in [1.54, 1.807) is 0 Å². The zero-order chi connectivity index (χ0) is 12.8. The van der Waals surface area contributed by atoms with Crippen LogP contribution in [0.25, 0.3) is 0 Å². The van der Waals surface area contributed by atoms with Crippen molar-refractivity contribution >= 4 is 5.97 Å². The Bertz CT molecular complexity index is 481. The van der Waals surface area contributed by atoms with Gasteiger partial charge in [-0.05, 0) is 31.4 Å². The first-order valence-electron chi connectivity index (χ1n) is 5.26. The van der Waals surface area contributed by atoms with Crippen molar-refractivity contribution in [1.29, 1.82) is 0 Å². The highest BCUT2D eigenvalue weighted by atomic mass is 19.1. The summed E-state index contributed by atoms with van der Waals surface area (Å²) in [7, 11) is 0. The molecule has 2 rings (SSSR count). The minimum atomic E-state index is -1.77. The number of aliphatic carboxylic acids is 1. The lowest BCUT2D eigenvalue weighted by Gasteiger charge is -2.21. The average Bonchev–Trinajstić information content (AvgIpc) is 3.04. The van der Waals surface area contributed by atoms with Gasteiger partial charge in [-0.15, -0.1) is 0 Å². The first-order valence-corrected chi connectivity index (χ1v) is 5.26. The molecule has 3 nitrogen and oxygen atoms in total. The van der Waals surface area contributed by atoms with E-state index in [1.165, 1.54) is 13.0 Å². The average molecular weight is 242 g/mol. The molecule has 0 spiro atoms. The molecule has 0 saturated heterocycles. The van der Waals surface area contributed by atoms with Gasteiger partial charge in [-0.25, -0.2) is 13.6 Å². The second-order valence-electron chi connectivity index (χ2n) is 4.45. The molecule has 1 unspecified atom stereocenters. The van der Waals surface area contributed by atoms with E-state index in [0.717, 1.165) is 6.07 Å². The monoisotopic (exact) mass is 242 g/mol. The Morgan fingerprint density at radius 2 is 2.00 bits per heavy atom. The first kappa shape index (κ1) is 12.0. The number of aliphatic hydroxyl groups is 1. The van der Waals surface area contributed by atoms with E-state index in [2.05, 4.69) is 0 Å². The van der Waals surface area contributed by atoms with Crippen LogP contribution in [-0.4, -0.2) is 22.3 Å². The van der Waals surface area contributed by atoms with Crippen LogP contribution in [0.15, 0.2) is 12.1 Å². The van der Waals surface area contributed by atoms with Gasteiger partial charge in [0.15, 0.2) is 6.10 Å². The maximum absolute atomic E-state index is 13.9. The van der Waals surface area contributed by atoms with Crippen molar-refractivity contribution in [2.45, 2.75) is 31.3 Å². The van der Waals surface area contributed by atoms with Gasteiger partial charge in [0.25, 0.3) is 0 Å². The van der Waals surface area contributed by atoms with Gasteiger partial charge in [-0.1, -0.05) is 6.07 Å². The lowest BCUT2D eigenvalue weighted by molar-refractivity contribution is -0.148. The van der Waals surface area contributed by atoms with Gasteiger partial charge >= 0.3 is 5.97 Å². The zero-order valence-electron chi connectivity index (χ0n) is 9.20. The number of carboxylic acid groups (broad SMARTS) is 1. The van der Waals surface area contributed by atoms with E-state index < -0.39 is 29.1 Å². The van der Waals surface area contributed by atoms with Gasteiger partial charge in [0.05, 0.1) is 0 Å². The Balaban J connectivity index is 2.55. The fraction of sp³-hybridized carbons (Fsp3) is 0.417. The van der Waals surface area contributed by atoms with Crippen molar-refractivity contribution in [2.75, 3.05) is 0 Å². The third-order valence-corrected chi connectivity index (χ3v) is 3.33. The predicted octanol–water partition coefficient (Wildman–Crippen LogP) is 1.75. The van der Waals surface area contributed by atoms with E-state index in [4.69, 9.17) is 5.11 Å². The Morgan fingerprint density at radius 3 is 2.47 bits per heavy atom. The van der Waals surface area contributed by atoms with Crippen LogP contribution in [0.1, 0.15) is 24.0 Å². The highest BCUT2D eigenvalue weighted by molar-refractivity contribution is 5.75. The molecule has 0 radical (unpaired) electrons. The van der Waals surface area contributed by atoms with Gasteiger partial charge in [0, 0.05) is 11.0 Å². The summed E-state index contributed by atoms with van der Waals surface area (Å²) < 4.78 is 27.5. The molecule has 92 valence electrons. The van der Waals surface area contributed by atoms with Crippen molar-refractivity contribution in [2.24, 2.45) is 0 Å². The number of aryl methyl sites for hydroxylation is 1. The number of halogens is 2. The van der Waals surface area contributed by atoms with E-state index in [0.29, 0.717) is 0 Å². The molecule has 1 aromatic rings. The van der Waals surface area contributed by atoms with E-state index in [9.17, 15) is 18.7 Å². The molecule has 1 saturated carbocycles. The minimum Gasteiger partial charge on any atom is -0.479 e. The third-order valence-electron chi connectivity index (χ3n) is 3.33. The summed E-state index contributed by atoms with van der Waals surface area (Å²) in [5.41, 5.74) is -1.36. The Kier molecular flexibility index (Phi) is 2.66. The molecule has 5 heteroatoms. The van der Waals surface area contributed by atoms with Crippen LogP contribution in [0.3, 0.4) is 0 Å². The molecular formula is C12H12F2O3. The highest BCUT2D eigenvalue weighted by Gasteiger charge is 2.56. The summed E-state index contributed by atoms with van der Waals surface area (Å²) in [6.07, 6.45) is -1.22. The molecule has 0 amide bonds. The molecular weight excluding hydrogens is 230 g/mol. The lowest BCUT2D eigenvalue weighted by Crippen LogP contribution is -2.35. The maximum atomic E-state index is 13.9. The summed E-state index contributed by atoms with van der Waals surface area (Å²) in [4.78, 5) is 10.8. The molecule has 1 atom stereocenters. The van der Waals surface area contributed by atoms with E-state index in [1.807, 2.05) is 0 Å². The number of carbonyl (C=O) groups is 1. The molecule has 1 aromatic carbocycles. The summed E-state index contributed by atoms with van der Waals surface area (Å²) in [5.74, 6) is -3.02. The SMILES string of the molecule is Cc1ccc(F)c(C2(C(O)C(=O)O)CC2)c1F. The predicted molar refractivity (Wildman–Crippen MR) is 55.6 cm³/mol. The molecule has 2 N–H and O–H groups in total. The second kappa shape index (κ2) is 3.77. The van der Waals surface area contributed by atoms with Gasteiger partial charge in [-0.2, -0.15) is 0 Å². The summed E-state index contributed by atoms with van der Waals surface area (Å²) >= 11 is 0. The second-order valence-corrected chi connectivity index (χ2v) is 4.45. The Hall–Kier alpha value is -1.49. The molecule has 0 aliphatic heterocycles. The van der Waals surface area contributed by atoms with Crippen LogP contribution in [-0.2, 0) is 10.2 Å². The van der Waals surface area contributed by atoms with Crippen LogP contribution in [0.4, 0.5) is 8.78 Å². The number of aliphatic hydroxyl groups excluding tert-OH is 1. The van der Waals surface area contributed by atoms with Gasteiger partial charge in [-0.3, -0.25) is 0 Å². The molecule has 1 aliphatic rings. The smallest absolute Gasteiger partial charge is 0.333 e. The fourth-order valence-electron chi connectivity index (χ4n) is 2.14. The van der Waals surface area contributed by atoms with E-state index in [-0.39, 0.29) is 24.0 Å². The summed E-state index contributed by atoms with van der Waals surface area (Å²) in [6.45, 7) is 1.47. The van der Waals surface area contributed by atoms with Crippen molar-refractivity contribution in [3.8, 4) is 0 Å². The highest BCUT2D eigenvalue weighted by Crippen LogP contribution is 2.53. The largest absolute Gasteiger partial charge is 0.479 e. The first-order chi connectivity index (χ1) is 7.90. The number of hydrogen-bond donors (Lipinski definition) is 2. The standard InChI is InChI=1S/C12H12F2O3/c1-6-2-3-7(13)8(9(6)14)12(4-5-12)10(15)11(16)17/h2-3,10,15H,4-5H2,1H3,(H,16,17). The quantitative estimate of drug-likeness (QED) is 0.849.